The summed E-state index contributed by atoms with van der Waals surface area (Å²) in [7, 11) is 0. The molecule has 0 aliphatic rings. The summed E-state index contributed by atoms with van der Waals surface area (Å²) in [4.78, 5) is 0. The number of aromatic nitrogens is 1. The molecule has 0 aliphatic carbocycles. The number of hydrogen-bond acceptors (Lipinski definition) is 1. The van der Waals surface area contributed by atoms with Gasteiger partial charge in [0.1, 0.15) is 0 Å². The summed E-state index contributed by atoms with van der Waals surface area (Å²) in [6.07, 6.45) is 3.16. The molecule has 86 valence electrons. The topological polar surface area (TPSA) is 30.9 Å². The number of halogens is 1. The van der Waals surface area contributed by atoms with E-state index in [2.05, 4.69) is 58.7 Å². The molecule has 3 heteroatoms. The first-order valence-corrected chi connectivity index (χ1v) is 6.42. The summed E-state index contributed by atoms with van der Waals surface area (Å²) >= 11 is 3.63. The van der Waals surface area contributed by atoms with E-state index >= 15 is 0 Å². The van der Waals surface area contributed by atoms with Crippen LogP contribution in [0.3, 0.4) is 0 Å². The molecule has 2 nitrogen and oxygen atoms in total. The molecule has 0 radical (unpaired) electrons. The van der Waals surface area contributed by atoms with Crippen molar-refractivity contribution in [1.29, 1.82) is 0 Å². The van der Waals surface area contributed by atoms with Crippen LogP contribution < -0.4 is 5.73 Å². The Balaban J connectivity index is 2.71. The smallest absolute Gasteiger partial charge is 0.0497 e. The molecule has 0 amide bonds. The van der Waals surface area contributed by atoms with Crippen LogP contribution in [-0.4, -0.2) is 11.1 Å². The minimum atomic E-state index is 0.475. The minimum Gasteiger partial charge on any atom is -0.345 e. The van der Waals surface area contributed by atoms with E-state index in [0.717, 1.165) is 10.9 Å². The average Bonchev–Trinajstić information content (AvgIpc) is 2.59. The second-order valence-electron chi connectivity index (χ2n) is 4.33. The van der Waals surface area contributed by atoms with E-state index in [1.165, 1.54) is 16.5 Å². The molecule has 2 rings (SSSR count). The van der Waals surface area contributed by atoms with Crippen molar-refractivity contribution in [1.82, 2.24) is 4.57 Å². The van der Waals surface area contributed by atoms with E-state index in [-0.39, 0.29) is 0 Å². The highest BCUT2D eigenvalue weighted by atomic mass is 79.9. The molecule has 1 aromatic carbocycles. The van der Waals surface area contributed by atoms with Gasteiger partial charge in [-0.2, -0.15) is 0 Å². The Morgan fingerprint density at radius 3 is 2.75 bits per heavy atom. The zero-order chi connectivity index (χ0) is 11.7. The molecule has 0 spiro atoms. The van der Waals surface area contributed by atoms with Crippen molar-refractivity contribution in [2.75, 3.05) is 6.54 Å². The van der Waals surface area contributed by atoms with Gasteiger partial charge in [-0.05, 0) is 44.5 Å². The normalized spacial score (nSPS) is 11.6. The number of rotatable bonds is 3. The zero-order valence-electron chi connectivity index (χ0n) is 9.70. The summed E-state index contributed by atoms with van der Waals surface area (Å²) in [6.45, 7) is 5.09. The third kappa shape index (κ3) is 1.89. The lowest BCUT2D eigenvalue weighted by molar-refractivity contribution is 0.621. The molecule has 0 atom stereocenters. The van der Waals surface area contributed by atoms with E-state index < -0.39 is 0 Å². The van der Waals surface area contributed by atoms with Crippen molar-refractivity contribution >= 4 is 26.8 Å². The van der Waals surface area contributed by atoms with Crippen LogP contribution in [0.15, 0.2) is 28.9 Å². The molecule has 16 heavy (non-hydrogen) atoms. The monoisotopic (exact) mass is 280 g/mol. The van der Waals surface area contributed by atoms with Crippen LogP contribution in [0.1, 0.15) is 25.5 Å². The molecule has 0 bridgehead atoms. The molecule has 2 aromatic rings. The van der Waals surface area contributed by atoms with Crippen LogP contribution in [0.2, 0.25) is 0 Å². The molecular formula is C13H17BrN2. The first-order chi connectivity index (χ1) is 7.65. The van der Waals surface area contributed by atoms with Crippen LogP contribution in [0, 0.1) is 0 Å². The lowest BCUT2D eigenvalue weighted by Crippen LogP contribution is -2.02. The molecule has 0 fully saturated rings. The second-order valence-corrected chi connectivity index (χ2v) is 5.18. The van der Waals surface area contributed by atoms with Crippen LogP contribution in [0.4, 0.5) is 0 Å². The molecule has 2 N–H and O–H groups in total. The molecule has 1 heterocycles. The molecule has 0 saturated carbocycles. The van der Waals surface area contributed by atoms with Gasteiger partial charge in [0.25, 0.3) is 0 Å². The fourth-order valence-corrected chi connectivity index (χ4v) is 2.73. The third-order valence-corrected chi connectivity index (χ3v) is 3.52. The first kappa shape index (κ1) is 11.7. The van der Waals surface area contributed by atoms with Gasteiger partial charge < -0.3 is 10.3 Å². The van der Waals surface area contributed by atoms with Gasteiger partial charge in [-0.15, -0.1) is 0 Å². The van der Waals surface area contributed by atoms with Crippen molar-refractivity contribution in [2.45, 2.75) is 26.3 Å². The minimum absolute atomic E-state index is 0.475. The summed E-state index contributed by atoms with van der Waals surface area (Å²) in [6, 6.07) is 6.81. The highest BCUT2D eigenvalue weighted by Gasteiger charge is 2.11. The summed E-state index contributed by atoms with van der Waals surface area (Å²) < 4.78 is 3.47. The zero-order valence-corrected chi connectivity index (χ0v) is 11.3. The van der Waals surface area contributed by atoms with Crippen molar-refractivity contribution in [3.63, 3.8) is 0 Å². The SMILES string of the molecule is CC(C)n1cc(CCN)c2c(Br)cccc21. The Morgan fingerprint density at radius 1 is 1.38 bits per heavy atom. The van der Waals surface area contributed by atoms with E-state index in [9.17, 15) is 0 Å². The van der Waals surface area contributed by atoms with Crippen LogP contribution in [0.5, 0.6) is 0 Å². The summed E-state index contributed by atoms with van der Waals surface area (Å²) in [5.41, 5.74) is 8.28. The molecule has 1 aromatic heterocycles. The quantitative estimate of drug-likeness (QED) is 0.917. The maximum atomic E-state index is 5.66. The highest BCUT2D eigenvalue weighted by molar-refractivity contribution is 9.10. The number of benzene rings is 1. The van der Waals surface area contributed by atoms with Gasteiger partial charge >= 0.3 is 0 Å². The first-order valence-electron chi connectivity index (χ1n) is 5.63. The highest BCUT2D eigenvalue weighted by Crippen LogP contribution is 2.31. The Bertz CT molecular complexity index is 500. The lowest BCUT2D eigenvalue weighted by Gasteiger charge is -2.08. The Kier molecular flexibility index (Phi) is 3.36. The Labute approximate surface area is 105 Å². The fraction of sp³-hybridized carbons (Fsp3) is 0.385. The van der Waals surface area contributed by atoms with Crippen LogP contribution in [0.25, 0.3) is 10.9 Å². The van der Waals surface area contributed by atoms with Crippen molar-refractivity contribution in [3.8, 4) is 0 Å². The van der Waals surface area contributed by atoms with Crippen molar-refractivity contribution < 1.29 is 0 Å². The summed E-state index contributed by atoms with van der Waals surface area (Å²) in [5, 5.41) is 1.31. The molecule has 0 aliphatic heterocycles. The van der Waals surface area contributed by atoms with E-state index in [1.54, 1.807) is 0 Å². The third-order valence-electron chi connectivity index (χ3n) is 2.86. The lowest BCUT2D eigenvalue weighted by atomic mass is 10.1. The van der Waals surface area contributed by atoms with Gasteiger partial charge in [0.05, 0.1) is 0 Å². The average molecular weight is 281 g/mol. The second kappa shape index (κ2) is 4.60. The summed E-state index contributed by atoms with van der Waals surface area (Å²) in [5.74, 6) is 0. The maximum absolute atomic E-state index is 5.66. The van der Waals surface area contributed by atoms with Gasteiger partial charge in [0, 0.05) is 27.6 Å². The predicted octanol–water partition coefficient (Wildman–Crippen LogP) is 3.49. The van der Waals surface area contributed by atoms with Gasteiger partial charge in [-0.25, -0.2) is 0 Å². The maximum Gasteiger partial charge on any atom is 0.0497 e. The standard InChI is InChI=1S/C13H17BrN2/c1-9(2)16-8-10(6-7-15)13-11(14)4-3-5-12(13)16/h3-5,8-9H,6-7,15H2,1-2H3. The van der Waals surface area contributed by atoms with Crippen LogP contribution in [-0.2, 0) is 6.42 Å². The molecular weight excluding hydrogens is 264 g/mol. The van der Waals surface area contributed by atoms with Gasteiger partial charge in [0.2, 0.25) is 0 Å². The number of hydrogen-bond donors (Lipinski definition) is 1. The predicted molar refractivity (Wildman–Crippen MR) is 72.8 cm³/mol. The largest absolute Gasteiger partial charge is 0.345 e. The van der Waals surface area contributed by atoms with E-state index in [4.69, 9.17) is 5.73 Å². The van der Waals surface area contributed by atoms with Gasteiger partial charge in [0.15, 0.2) is 0 Å². The molecule has 0 unspecified atom stereocenters. The van der Waals surface area contributed by atoms with Gasteiger partial charge in [-0.3, -0.25) is 0 Å². The Hall–Kier alpha value is -0.800. The fourth-order valence-electron chi connectivity index (χ4n) is 2.12. The van der Waals surface area contributed by atoms with Gasteiger partial charge in [-0.1, -0.05) is 22.0 Å². The van der Waals surface area contributed by atoms with Crippen LogP contribution >= 0.6 is 15.9 Å². The number of nitrogens with zero attached hydrogens (tertiary/aromatic N) is 1. The van der Waals surface area contributed by atoms with Crippen molar-refractivity contribution in [3.05, 3.63) is 34.4 Å². The number of nitrogens with two attached hydrogens (primary N) is 1. The molecule has 0 saturated heterocycles. The number of fused-ring (bicyclic) bond motifs is 1. The Morgan fingerprint density at radius 2 is 2.12 bits per heavy atom. The van der Waals surface area contributed by atoms with E-state index in [0.29, 0.717) is 12.6 Å². The van der Waals surface area contributed by atoms with Crippen molar-refractivity contribution in [2.24, 2.45) is 5.73 Å². The van der Waals surface area contributed by atoms with E-state index in [1.807, 2.05) is 0 Å².